The molecule has 0 saturated carbocycles. The number of aromatic nitrogens is 1. The molecule has 0 radical (unpaired) electrons. The number of carbonyl (C=O) groups is 2. The van der Waals surface area contributed by atoms with Crippen molar-refractivity contribution < 1.29 is 14.3 Å². The van der Waals surface area contributed by atoms with Gasteiger partial charge in [-0.3, -0.25) is 14.3 Å². The SMILES string of the molecule is O=C(OCc1ccccc1)c1ccc2c(c1)c1c3c(cc4c1n2C(=O)CC4)CN(Cc1ccccc1)CC3. The number of nitrogens with zero attached hydrogens (tertiary/aromatic N) is 2. The van der Waals surface area contributed by atoms with Gasteiger partial charge in [0.05, 0.1) is 16.6 Å². The molecule has 3 heterocycles. The molecule has 0 unspecified atom stereocenters. The minimum absolute atomic E-state index is 0.123. The fourth-order valence-electron chi connectivity index (χ4n) is 6.16. The van der Waals surface area contributed by atoms with Crippen LogP contribution in [0.1, 0.15) is 49.4 Å². The Morgan fingerprint density at radius 3 is 2.37 bits per heavy atom. The largest absolute Gasteiger partial charge is 0.457 e. The second kappa shape index (κ2) is 9.26. The number of esters is 1. The third-order valence-corrected chi connectivity index (χ3v) is 7.94. The first kappa shape index (κ1) is 22.9. The van der Waals surface area contributed by atoms with Gasteiger partial charge in [-0.1, -0.05) is 66.7 Å². The minimum Gasteiger partial charge on any atom is -0.457 e. The van der Waals surface area contributed by atoms with E-state index in [-0.39, 0.29) is 18.5 Å². The first-order valence-corrected chi connectivity index (χ1v) is 13.3. The van der Waals surface area contributed by atoms with Crippen molar-refractivity contribution in [3.8, 4) is 0 Å². The molecular weight excluding hydrogens is 472 g/mol. The molecule has 0 saturated heterocycles. The topological polar surface area (TPSA) is 51.5 Å². The zero-order valence-corrected chi connectivity index (χ0v) is 21.2. The van der Waals surface area contributed by atoms with E-state index in [1.807, 2.05) is 47.0 Å². The lowest BCUT2D eigenvalue weighted by Gasteiger charge is -2.30. The van der Waals surface area contributed by atoms with Gasteiger partial charge in [-0.25, -0.2) is 4.79 Å². The van der Waals surface area contributed by atoms with Crippen LogP contribution >= 0.6 is 0 Å². The molecule has 0 spiro atoms. The van der Waals surface area contributed by atoms with Gasteiger partial charge in [-0.05, 0) is 58.9 Å². The lowest BCUT2D eigenvalue weighted by atomic mass is 9.89. The maximum atomic E-state index is 13.1. The van der Waals surface area contributed by atoms with Crippen molar-refractivity contribution in [3.63, 3.8) is 0 Å². The normalized spacial score (nSPS) is 15.1. The predicted octanol–water partition coefficient (Wildman–Crippen LogP) is 6.30. The average molecular weight is 501 g/mol. The molecule has 4 aromatic carbocycles. The van der Waals surface area contributed by atoms with E-state index in [9.17, 15) is 9.59 Å². The molecule has 7 rings (SSSR count). The molecule has 0 aliphatic carbocycles. The van der Waals surface area contributed by atoms with Crippen molar-refractivity contribution in [3.05, 3.63) is 118 Å². The Hall–Kier alpha value is -4.22. The highest BCUT2D eigenvalue weighted by Crippen LogP contribution is 2.40. The Morgan fingerprint density at radius 1 is 0.816 bits per heavy atom. The van der Waals surface area contributed by atoms with Crippen LogP contribution in [0.25, 0.3) is 21.8 Å². The van der Waals surface area contributed by atoms with Gasteiger partial charge < -0.3 is 4.74 Å². The Labute approximate surface area is 221 Å². The Balaban J connectivity index is 1.29. The highest BCUT2D eigenvalue weighted by atomic mass is 16.5. The van der Waals surface area contributed by atoms with Gasteiger partial charge in [0.1, 0.15) is 6.61 Å². The summed E-state index contributed by atoms with van der Waals surface area (Å²) in [5.74, 6) is -0.227. The molecule has 0 N–H and O–H groups in total. The molecule has 2 aliphatic heterocycles. The van der Waals surface area contributed by atoms with E-state index in [2.05, 4.69) is 41.3 Å². The van der Waals surface area contributed by atoms with Gasteiger partial charge in [0.15, 0.2) is 0 Å². The zero-order chi connectivity index (χ0) is 25.6. The van der Waals surface area contributed by atoms with Gasteiger partial charge in [-0.15, -0.1) is 0 Å². The van der Waals surface area contributed by atoms with Crippen molar-refractivity contribution in [1.82, 2.24) is 9.47 Å². The molecule has 0 atom stereocenters. The van der Waals surface area contributed by atoms with Gasteiger partial charge >= 0.3 is 5.97 Å². The van der Waals surface area contributed by atoms with Gasteiger partial charge in [-0.2, -0.15) is 0 Å². The van der Waals surface area contributed by atoms with E-state index in [0.29, 0.717) is 12.0 Å². The highest BCUT2D eigenvalue weighted by molar-refractivity contribution is 6.18. The number of hydrogen-bond donors (Lipinski definition) is 0. The fourth-order valence-corrected chi connectivity index (χ4v) is 6.16. The number of benzene rings is 4. The Kier molecular flexibility index (Phi) is 5.59. The molecule has 0 fully saturated rings. The number of ether oxygens (including phenoxy) is 1. The van der Waals surface area contributed by atoms with Crippen molar-refractivity contribution in [2.24, 2.45) is 0 Å². The molecule has 0 amide bonds. The summed E-state index contributed by atoms with van der Waals surface area (Å²) in [7, 11) is 0. The molecule has 2 aliphatic rings. The highest BCUT2D eigenvalue weighted by Gasteiger charge is 2.29. The van der Waals surface area contributed by atoms with E-state index in [4.69, 9.17) is 4.74 Å². The summed E-state index contributed by atoms with van der Waals surface area (Å²) < 4.78 is 7.52. The Bertz CT molecular complexity index is 1700. The van der Waals surface area contributed by atoms with Gasteiger partial charge in [0.2, 0.25) is 5.91 Å². The standard InChI is InChI=1S/C33H28N2O3/c36-30-14-12-24-17-26-20-34(19-22-7-3-1-4-8-22)16-15-27(26)31-28-18-25(11-13-29(28)35(30)32(24)31)33(37)38-21-23-9-5-2-6-10-23/h1-11,13,17-18H,12,14-16,19-21H2. The number of fused-ring (bicyclic) bond motifs is 5. The maximum absolute atomic E-state index is 13.1. The molecule has 5 nitrogen and oxygen atoms in total. The van der Waals surface area contributed by atoms with Crippen molar-refractivity contribution >= 4 is 33.7 Å². The second-order valence-corrected chi connectivity index (χ2v) is 10.4. The predicted molar refractivity (Wildman–Crippen MR) is 148 cm³/mol. The molecule has 5 heteroatoms. The summed E-state index contributed by atoms with van der Waals surface area (Å²) in [6, 6.07) is 28.3. The first-order valence-electron chi connectivity index (χ1n) is 13.3. The van der Waals surface area contributed by atoms with Gasteiger partial charge in [0.25, 0.3) is 0 Å². The zero-order valence-electron chi connectivity index (χ0n) is 21.2. The third kappa shape index (κ3) is 3.91. The molecule has 188 valence electrons. The average Bonchev–Trinajstić information content (AvgIpc) is 3.31. The number of hydrogen-bond acceptors (Lipinski definition) is 4. The van der Waals surface area contributed by atoms with Crippen molar-refractivity contribution in [2.45, 2.75) is 39.0 Å². The number of aryl methyl sites for hydroxylation is 1. The van der Waals surface area contributed by atoms with E-state index in [1.165, 1.54) is 22.3 Å². The van der Waals surface area contributed by atoms with Crippen LogP contribution in [0.15, 0.2) is 84.9 Å². The minimum atomic E-state index is -0.350. The fraction of sp³-hybridized carbons (Fsp3) is 0.212. The summed E-state index contributed by atoms with van der Waals surface area (Å²) in [6.07, 6.45) is 2.16. The van der Waals surface area contributed by atoms with Crippen LogP contribution in [0.4, 0.5) is 0 Å². The van der Waals surface area contributed by atoms with Crippen LogP contribution < -0.4 is 0 Å². The summed E-state index contributed by atoms with van der Waals surface area (Å²) in [6.45, 7) is 2.99. The summed E-state index contributed by atoms with van der Waals surface area (Å²) in [5, 5.41) is 2.11. The smallest absolute Gasteiger partial charge is 0.338 e. The van der Waals surface area contributed by atoms with Crippen LogP contribution in [0.2, 0.25) is 0 Å². The van der Waals surface area contributed by atoms with Crippen molar-refractivity contribution in [2.75, 3.05) is 6.54 Å². The Morgan fingerprint density at radius 2 is 1.58 bits per heavy atom. The van der Waals surface area contributed by atoms with Crippen LogP contribution in [0.5, 0.6) is 0 Å². The molecule has 1 aromatic heterocycles. The van der Waals surface area contributed by atoms with E-state index in [1.54, 1.807) is 6.07 Å². The summed E-state index contributed by atoms with van der Waals surface area (Å²) >= 11 is 0. The lowest BCUT2D eigenvalue weighted by molar-refractivity contribution is 0.0473. The molecule has 38 heavy (non-hydrogen) atoms. The molecule has 5 aromatic rings. The van der Waals surface area contributed by atoms with Crippen LogP contribution in [-0.2, 0) is 37.3 Å². The quantitative estimate of drug-likeness (QED) is 0.266. The summed E-state index contributed by atoms with van der Waals surface area (Å²) in [4.78, 5) is 28.6. The van der Waals surface area contributed by atoms with Gasteiger partial charge in [0, 0.05) is 36.8 Å². The van der Waals surface area contributed by atoms with Crippen LogP contribution in [0.3, 0.4) is 0 Å². The lowest BCUT2D eigenvalue weighted by Crippen LogP contribution is -2.30. The summed E-state index contributed by atoms with van der Waals surface area (Å²) in [5.41, 5.74) is 8.56. The molecule has 0 bridgehead atoms. The number of rotatable bonds is 5. The maximum Gasteiger partial charge on any atom is 0.338 e. The second-order valence-electron chi connectivity index (χ2n) is 10.4. The van der Waals surface area contributed by atoms with Crippen molar-refractivity contribution in [1.29, 1.82) is 0 Å². The van der Waals surface area contributed by atoms with E-state index >= 15 is 0 Å². The number of carbonyl (C=O) groups excluding carboxylic acids is 2. The van der Waals surface area contributed by atoms with E-state index < -0.39 is 0 Å². The first-order chi connectivity index (χ1) is 18.7. The monoisotopic (exact) mass is 500 g/mol. The van der Waals surface area contributed by atoms with Crippen LogP contribution in [-0.4, -0.2) is 27.9 Å². The van der Waals surface area contributed by atoms with E-state index in [0.717, 1.165) is 59.8 Å². The third-order valence-electron chi connectivity index (χ3n) is 7.94. The van der Waals surface area contributed by atoms with Crippen LogP contribution in [0, 0.1) is 0 Å². The molecular formula is C33H28N2O3.